The molecule has 0 spiro atoms. The number of methoxy groups -OCH3 is 1. The predicted octanol–water partition coefficient (Wildman–Crippen LogP) is 2.14. The molecule has 0 saturated carbocycles. The normalized spacial score (nSPS) is 12.4. The van der Waals surface area contributed by atoms with Crippen molar-refractivity contribution in [2.45, 2.75) is 53.0 Å². The van der Waals surface area contributed by atoms with Crippen LogP contribution in [0.3, 0.4) is 0 Å². The zero-order chi connectivity index (χ0) is 20.3. The highest BCUT2D eigenvalue weighted by atomic mass is 16.5. The number of carbonyl (C=O) groups excluding carboxylic acids is 1. The summed E-state index contributed by atoms with van der Waals surface area (Å²) in [6, 6.07) is -0.862. The second kappa shape index (κ2) is 8.37. The van der Waals surface area contributed by atoms with Crippen molar-refractivity contribution in [2.75, 3.05) is 7.11 Å². The van der Waals surface area contributed by atoms with Crippen LogP contribution in [0.25, 0.3) is 11.0 Å². The summed E-state index contributed by atoms with van der Waals surface area (Å²) in [7, 11) is 3.37. The molecule has 8 heteroatoms. The molecule has 1 atom stereocenters. The number of aryl methyl sites for hydroxylation is 3. The van der Waals surface area contributed by atoms with Gasteiger partial charge in [-0.1, -0.05) is 13.8 Å². The van der Waals surface area contributed by atoms with Crippen molar-refractivity contribution in [1.29, 1.82) is 0 Å². The minimum absolute atomic E-state index is 0.181. The number of hydrogen-bond donors (Lipinski definition) is 2. The van der Waals surface area contributed by atoms with Gasteiger partial charge in [0, 0.05) is 19.2 Å². The number of nitrogens with zero attached hydrogens (tertiary/aromatic N) is 3. The fraction of sp³-hybridized carbons (Fsp3) is 0.579. The monoisotopic (exact) mass is 376 g/mol. The van der Waals surface area contributed by atoms with E-state index in [1.165, 1.54) is 0 Å². The van der Waals surface area contributed by atoms with E-state index in [1.54, 1.807) is 11.8 Å². The number of rotatable bonds is 8. The third-order valence-electron chi connectivity index (χ3n) is 4.66. The maximum Gasteiger partial charge on any atom is 0.326 e. The van der Waals surface area contributed by atoms with Crippen molar-refractivity contribution in [3.63, 3.8) is 0 Å². The lowest BCUT2D eigenvalue weighted by Gasteiger charge is -2.17. The average molecular weight is 376 g/mol. The van der Waals surface area contributed by atoms with Crippen LogP contribution >= 0.6 is 0 Å². The van der Waals surface area contributed by atoms with Crippen LogP contribution < -0.4 is 10.1 Å². The van der Waals surface area contributed by atoms with E-state index in [0.717, 1.165) is 27.9 Å². The Labute approximate surface area is 158 Å². The molecule has 0 unspecified atom stereocenters. The standard InChI is InChI=1S/C19H28N4O4/c1-10(2)9-14(19(25)26)21-15(24)8-7-13-11(3)16-17(20-12(13)4)23(5)22-18(16)27-6/h10,14H,7-9H2,1-6H3,(H,21,24)(H,25,26)/t14-/m0/s1. The summed E-state index contributed by atoms with van der Waals surface area (Å²) in [5.41, 5.74) is 3.50. The van der Waals surface area contributed by atoms with E-state index < -0.39 is 12.0 Å². The number of carbonyl (C=O) groups is 2. The molecule has 0 aromatic carbocycles. The number of amides is 1. The van der Waals surface area contributed by atoms with Crippen LogP contribution in [-0.2, 0) is 23.1 Å². The largest absolute Gasteiger partial charge is 0.480 e. The van der Waals surface area contributed by atoms with Crippen LogP contribution in [0.15, 0.2) is 0 Å². The molecular formula is C19H28N4O4. The lowest BCUT2D eigenvalue weighted by molar-refractivity contribution is -0.142. The Balaban J connectivity index is 2.19. The lowest BCUT2D eigenvalue weighted by Crippen LogP contribution is -2.41. The molecule has 0 aliphatic rings. The summed E-state index contributed by atoms with van der Waals surface area (Å²) in [6.07, 6.45) is 1.07. The van der Waals surface area contributed by atoms with Crippen LogP contribution in [0.5, 0.6) is 5.88 Å². The molecule has 2 aromatic rings. The zero-order valence-electron chi connectivity index (χ0n) is 16.8. The number of carboxylic acids is 1. The van der Waals surface area contributed by atoms with Crippen LogP contribution in [0, 0.1) is 19.8 Å². The molecule has 2 aromatic heterocycles. The molecule has 0 aliphatic carbocycles. The third-order valence-corrected chi connectivity index (χ3v) is 4.66. The molecule has 0 radical (unpaired) electrons. The summed E-state index contributed by atoms with van der Waals surface area (Å²) in [5.74, 6) is -0.598. The first-order chi connectivity index (χ1) is 12.6. The van der Waals surface area contributed by atoms with Gasteiger partial charge in [-0.05, 0) is 43.7 Å². The first-order valence-electron chi connectivity index (χ1n) is 9.04. The summed E-state index contributed by atoms with van der Waals surface area (Å²) in [4.78, 5) is 28.2. The number of ether oxygens (including phenoxy) is 1. The van der Waals surface area contributed by atoms with Gasteiger partial charge in [-0.25, -0.2) is 14.5 Å². The van der Waals surface area contributed by atoms with E-state index in [2.05, 4.69) is 15.4 Å². The number of aromatic nitrogens is 3. The van der Waals surface area contributed by atoms with Gasteiger partial charge in [-0.2, -0.15) is 0 Å². The average Bonchev–Trinajstić information content (AvgIpc) is 2.89. The van der Waals surface area contributed by atoms with Crippen molar-refractivity contribution in [2.24, 2.45) is 13.0 Å². The molecule has 2 heterocycles. The third kappa shape index (κ3) is 4.56. The maximum absolute atomic E-state index is 12.3. The van der Waals surface area contributed by atoms with Gasteiger partial charge in [0.15, 0.2) is 5.65 Å². The van der Waals surface area contributed by atoms with Gasteiger partial charge in [0.25, 0.3) is 0 Å². The van der Waals surface area contributed by atoms with Crippen LogP contribution in [0.1, 0.15) is 43.5 Å². The van der Waals surface area contributed by atoms with Crippen molar-refractivity contribution < 1.29 is 19.4 Å². The Kier molecular flexibility index (Phi) is 6.41. The van der Waals surface area contributed by atoms with Gasteiger partial charge < -0.3 is 15.2 Å². The molecule has 148 valence electrons. The number of fused-ring (bicyclic) bond motifs is 1. The second-order valence-corrected chi connectivity index (χ2v) is 7.22. The Morgan fingerprint density at radius 3 is 2.52 bits per heavy atom. The maximum atomic E-state index is 12.3. The molecule has 0 fully saturated rings. The Morgan fingerprint density at radius 2 is 1.96 bits per heavy atom. The Hall–Kier alpha value is -2.64. The Morgan fingerprint density at radius 1 is 1.30 bits per heavy atom. The van der Waals surface area contributed by atoms with E-state index >= 15 is 0 Å². The molecule has 1 amide bonds. The number of hydrogen-bond acceptors (Lipinski definition) is 5. The van der Waals surface area contributed by atoms with Crippen LogP contribution in [0.2, 0.25) is 0 Å². The molecule has 8 nitrogen and oxygen atoms in total. The summed E-state index contributed by atoms with van der Waals surface area (Å²) in [6.45, 7) is 7.72. The summed E-state index contributed by atoms with van der Waals surface area (Å²) in [5, 5.41) is 17.1. The van der Waals surface area contributed by atoms with E-state index in [1.807, 2.05) is 34.7 Å². The molecule has 0 aliphatic heterocycles. The fourth-order valence-electron chi connectivity index (χ4n) is 3.31. The van der Waals surface area contributed by atoms with Gasteiger partial charge in [-0.15, -0.1) is 5.10 Å². The van der Waals surface area contributed by atoms with E-state index in [4.69, 9.17) is 4.74 Å². The number of aliphatic carboxylic acids is 1. The molecule has 0 saturated heterocycles. The number of carboxylic acid groups (broad SMARTS) is 1. The molecule has 27 heavy (non-hydrogen) atoms. The number of pyridine rings is 1. The quantitative estimate of drug-likeness (QED) is 0.731. The first kappa shape index (κ1) is 20.7. The van der Waals surface area contributed by atoms with Gasteiger partial charge in [0.05, 0.1) is 12.5 Å². The SMILES string of the molecule is COc1nn(C)c2nc(C)c(CCC(=O)N[C@@H](CC(C)C)C(=O)O)c(C)c12. The predicted molar refractivity (Wildman–Crippen MR) is 102 cm³/mol. The van der Waals surface area contributed by atoms with Crippen molar-refractivity contribution >= 4 is 22.9 Å². The van der Waals surface area contributed by atoms with E-state index in [0.29, 0.717) is 18.7 Å². The van der Waals surface area contributed by atoms with Gasteiger partial charge >= 0.3 is 5.97 Å². The molecule has 2 rings (SSSR count). The lowest BCUT2D eigenvalue weighted by atomic mass is 9.99. The fourth-order valence-corrected chi connectivity index (χ4v) is 3.31. The van der Waals surface area contributed by atoms with Crippen LogP contribution in [0.4, 0.5) is 0 Å². The second-order valence-electron chi connectivity index (χ2n) is 7.22. The molecule has 2 N–H and O–H groups in total. The molecule has 0 bridgehead atoms. The van der Waals surface area contributed by atoms with Crippen molar-refractivity contribution in [3.05, 3.63) is 16.8 Å². The highest BCUT2D eigenvalue weighted by Gasteiger charge is 2.22. The van der Waals surface area contributed by atoms with Gasteiger partial charge in [0.1, 0.15) is 6.04 Å². The van der Waals surface area contributed by atoms with E-state index in [9.17, 15) is 14.7 Å². The summed E-state index contributed by atoms with van der Waals surface area (Å²) < 4.78 is 7.02. The van der Waals surface area contributed by atoms with E-state index in [-0.39, 0.29) is 18.2 Å². The highest BCUT2D eigenvalue weighted by Crippen LogP contribution is 2.30. The first-order valence-corrected chi connectivity index (χ1v) is 9.04. The molecular weight excluding hydrogens is 348 g/mol. The highest BCUT2D eigenvalue weighted by molar-refractivity contribution is 5.87. The Bertz CT molecular complexity index is 857. The van der Waals surface area contributed by atoms with Crippen molar-refractivity contribution in [3.8, 4) is 5.88 Å². The number of nitrogens with one attached hydrogen (secondary N) is 1. The smallest absolute Gasteiger partial charge is 0.326 e. The minimum atomic E-state index is -1.01. The van der Waals surface area contributed by atoms with Crippen molar-refractivity contribution in [1.82, 2.24) is 20.1 Å². The summed E-state index contributed by atoms with van der Waals surface area (Å²) >= 11 is 0. The minimum Gasteiger partial charge on any atom is -0.480 e. The van der Waals surface area contributed by atoms with Gasteiger partial charge in [0.2, 0.25) is 11.8 Å². The van der Waals surface area contributed by atoms with Gasteiger partial charge in [-0.3, -0.25) is 4.79 Å². The zero-order valence-corrected chi connectivity index (χ0v) is 16.8. The van der Waals surface area contributed by atoms with Crippen LogP contribution in [-0.4, -0.2) is 44.9 Å². The topological polar surface area (TPSA) is 106 Å².